The molecule has 138 valence electrons. The molecule has 0 radical (unpaired) electrons. The normalized spacial score (nSPS) is 14.5. The molecule has 0 spiro atoms. The fourth-order valence-corrected chi connectivity index (χ4v) is 4.02. The zero-order valence-electron chi connectivity index (χ0n) is 15.8. The van der Waals surface area contributed by atoms with Crippen LogP contribution >= 0.6 is 11.8 Å². The van der Waals surface area contributed by atoms with Gasteiger partial charge in [-0.15, -0.1) is 11.8 Å². The number of nitrogens with zero attached hydrogens (tertiary/aromatic N) is 1. The summed E-state index contributed by atoms with van der Waals surface area (Å²) in [4.78, 5) is 15.6. The largest absolute Gasteiger partial charge is 0.444 e. The van der Waals surface area contributed by atoms with Crippen LogP contribution in [0, 0.1) is 0 Å². The minimum Gasteiger partial charge on any atom is -0.444 e. The Kier molecular flexibility index (Phi) is 5.92. The van der Waals surface area contributed by atoms with Gasteiger partial charge in [0.05, 0.1) is 6.54 Å². The summed E-state index contributed by atoms with van der Waals surface area (Å²) in [6.07, 6.45) is 1.82. The lowest BCUT2D eigenvalue weighted by atomic mass is 10.0. The molecule has 4 heteroatoms. The topological polar surface area (TPSA) is 29.5 Å². The van der Waals surface area contributed by atoms with Crippen molar-refractivity contribution >= 4 is 17.9 Å². The molecule has 1 heterocycles. The van der Waals surface area contributed by atoms with Crippen LogP contribution in [-0.2, 0) is 24.1 Å². The lowest BCUT2D eigenvalue weighted by molar-refractivity contribution is 0.0247. The molecule has 0 saturated heterocycles. The van der Waals surface area contributed by atoms with E-state index in [1.165, 1.54) is 21.6 Å². The van der Waals surface area contributed by atoms with E-state index in [2.05, 4.69) is 42.5 Å². The van der Waals surface area contributed by atoms with Crippen LogP contribution < -0.4 is 0 Å². The summed E-state index contributed by atoms with van der Waals surface area (Å²) in [7, 11) is 0. The first-order chi connectivity index (χ1) is 12.4. The Bertz CT molecular complexity index is 752. The average Bonchev–Trinajstić information content (AvgIpc) is 2.81. The quantitative estimate of drug-likeness (QED) is 0.734. The van der Waals surface area contributed by atoms with Crippen LogP contribution in [0.25, 0.3) is 0 Å². The molecule has 0 aromatic heterocycles. The summed E-state index contributed by atoms with van der Waals surface area (Å²) in [5.41, 5.74) is 3.44. The molecule has 3 rings (SSSR count). The van der Waals surface area contributed by atoms with E-state index in [1.807, 2.05) is 43.5 Å². The average molecular weight is 370 g/mol. The third-order valence-corrected chi connectivity index (χ3v) is 5.40. The first kappa shape index (κ1) is 18.8. The van der Waals surface area contributed by atoms with Crippen molar-refractivity contribution in [2.24, 2.45) is 0 Å². The van der Waals surface area contributed by atoms with Crippen LogP contribution in [0.4, 0.5) is 4.79 Å². The summed E-state index contributed by atoms with van der Waals surface area (Å²) in [5.74, 6) is 0.898. The molecule has 2 aromatic rings. The molecule has 2 aromatic carbocycles. The number of carbonyl (C=O) groups excluding carboxylic acids is 1. The molecular weight excluding hydrogens is 342 g/mol. The van der Waals surface area contributed by atoms with Gasteiger partial charge < -0.3 is 9.64 Å². The van der Waals surface area contributed by atoms with Crippen LogP contribution in [0.3, 0.4) is 0 Å². The molecule has 0 fully saturated rings. The molecule has 0 N–H and O–H groups in total. The highest BCUT2D eigenvalue weighted by Crippen LogP contribution is 2.29. The number of aryl methyl sites for hydroxylation is 2. The number of benzene rings is 2. The molecule has 0 atom stereocenters. The Labute approximate surface area is 160 Å². The number of ether oxygens (including phenoxy) is 1. The summed E-state index contributed by atoms with van der Waals surface area (Å²) in [5, 5.41) is 0. The summed E-state index contributed by atoms with van der Waals surface area (Å²) < 4.78 is 5.56. The van der Waals surface area contributed by atoms with Gasteiger partial charge in [0.25, 0.3) is 0 Å². The summed E-state index contributed by atoms with van der Waals surface area (Å²) >= 11 is 1.82. The Balaban J connectivity index is 1.70. The van der Waals surface area contributed by atoms with Gasteiger partial charge in [0, 0.05) is 17.2 Å². The number of rotatable bonds is 3. The SMILES string of the molecule is CC(C)(C)OC(=O)N1CCSc2ccc(CCc3ccccc3)cc2C1. The molecule has 3 nitrogen and oxygen atoms in total. The highest BCUT2D eigenvalue weighted by molar-refractivity contribution is 7.99. The summed E-state index contributed by atoms with van der Waals surface area (Å²) in [6, 6.07) is 17.2. The van der Waals surface area contributed by atoms with Crippen molar-refractivity contribution in [1.29, 1.82) is 0 Å². The van der Waals surface area contributed by atoms with Crippen molar-refractivity contribution in [3.05, 3.63) is 65.2 Å². The minimum absolute atomic E-state index is 0.222. The molecule has 1 amide bonds. The smallest absolute Gasteiger partial charge is 0.410 e. The minimum atomic E-state index is -0.461. The van der Waals surface area contributed by atoms with Gasteiger partial charge in [0.1, 0.15) is 5.60 Å². The first-order valence-corrected chi connectivity index (χ1v) is 10.2. The van der Waals surface area contributed by atoms with Crippen molar-refractivity contribution in [2.45, 2.75) is 50.7 Å². The number of carbonyl (C=O) groups is 1. The Morgan fingerprint density at radius 3 is 2.54 bits per heavy atom. The molecule has 0 saturated carbocycles. The van der Waals surface area contributed by atoms with E-state index in [1.54, 1.807) is 0 Å². The number of thioether (sulfide) groups is 1. The molecule has 0 unspecified atom stereocenters. The summed E-state index contributed by atoms with van der Waals surface area (Å²) in [6.45, 7) is 7.07. The highest BCUT2D eigenvalue weighted by atomic mass is 32.2. The highest BCUT2D eigenvalue weighted by Gasteiger charge is 2.24. The number of amides is 1. The maximum absolute atomic E-state index is 12.5. The van der Waals surface area contributed by atoms with E-state index < -0.39 is 5.60 Å². The van der Waals surface area contributed by atoms with E-state index in [0.717, 1.165) is 18.6 Å². The Hall–Kier alpha value is -1.94. The van der Waals surface area contributed by atoms with E-state index in [-0.39, 0.29) is 6.09 Å². The predicted octanol–water partition coefficient (Wildman–Crippen LogP) is 5.31. The molecule has 1 aliphatic rings. The van der Waals surface area contributed by atoms with Crippen LogP contribution in [0.2, 0.25) is 0 Å². The molecule has 0 aliphatic carbocycles. The molecule has 1 aliphatic heterocycles. The van der Waals surface area contributed by atoms with Gasteiger partial charge >= 0.3 is 6.09 Å². The maximum atomic E-state index is 12.5. The van der Waals surface area contributed by atoms with Gasteiger partial charge in [-0.2, -0.15) is 0 Å². The Morgan fingerprint density at radius 1 is 1.08 bits per heavy atom. The lowest BCUT2D eigenvalue weighted by Crippen LogP contribution is -2.37. The third-order valence-electron chi connectivity index (χ3n) is 4.30. The number of fused-ring (bicyclic) bond motifs is 1. The maximum Gasteiger partial charge on any atom is 0.410 e. The van der Waals surface area contributed by atoms with Gasteiger partial charge in [0.15, 0.2) is 0 Å². The van der Waals surface area contributed by atoms with Crippen LogP contribution in [0.5, 0.6) is 0 Å². The van der Waals surface area contributed by atoms with Gasteiger partial charge in [-0.3, -0.25) is 0 Å². The lowest BCUT2D eigenvalue weighted by Gasteiger charge is -2.26. The van der Waals surface area contributed by atoms with Gasteiger partial charge in [0.2, 0.25) is 0 Å². The van der Waals surface area contributed by atoms with Gasteiger partial charge in [-0.05, 0) is 56.4 Å². The van der Waals surface area contributed by atoms with Crippen LogP contribution in [0.15, 0.2) is 53.4 Å². The molecular formula is C22H27NO2S. The number of hydrogen-bond acceptors (Lipinski definition) is 3. The second kappa shape index (κ2) is 8.17. The molecule has 0 bridgehead atoms. The molecule has 26 heavy (non-hydrogen) atoms. The van der Waals surface area contributed by atoms with E-state index in [4.69, 9.17) is 4.74 Å². The van der Waals surface area contributed by atoms with Crippen molar-refractivity contribution in [1.82, 2.24) is 4.90 Å². The fourth-order valence-electron chi connectivity index (χ4n) is 3.02. The first-order valence-electron chi connectivity index (χ1n) is 9.17. The van der Waals surface area contributed by atoms with Crippen molar-refractivity contribution in [3.63, 3.8) is 0 Å². The van der Waals surface area contributed by atoms with Crippen molar-refractivity contribution in [3.8, 4) is 0 Å². The van der Waals surface area contributed by atoms with Crippen LogP contribution in [-0.4, -0.2) is 28.9 Å². The van der Waals surface area contributed by atoms with Gasteiger partial charge in [-0.1, -0.05) is 42.5 Å². The fraction of sp³-hybridized carbons (Fsp3) is 0.409. The van der Waals surface area contributed by atoms with Gasteiger partial charge in [-0.25, -0.2) is 4.79 Å². The zero-order chi connectivity index (χ0) is 18.6. The van der Waals surface area contributed by atoms with Crippen molar-refractivity contribution in [2.75, 3.05) is 12.3 Å². The zero-order valence-corrected chi connectivity index (χ0v) is 16.6. The second-order valence-corrected chi connectivity index (χ2v) is 8.81. The van der Waals surface area contributed by atoms with Crippen LogP contribution in [0.1, 0.15) is 37.5 Å². The van der Waals surface area contributed by atoms with Crippen molar-refractivity contribution < 1.29 is 9.53 Å². The standard InChI is InChI=1S/C22H27NO2S/c1-22(2,3)25-21(24)23-13-14-26-20-12-11-18(15-19(20)16-23)10-9-17-7-5-4-6-8-17/h4-8,11-12,15H,9-10,13-14,16H2,1-3H3. The van der Waals surface area contributed by atoms with E-state index in [0.29, 0.717) is 13.1 Å². The Morgan fingerprint density at radius 2 is 1.81 bits per heavy atom. The predicted molar refractivity (Wildman–Crippen MR) is 108 cm³/mol. The monoisotopic (exact) mass is 369 g/mol. The second-order valence-electron chi connectivity index (χ2n) is 7.68. The van der Waals surface area contributed by atoms with E-state index in [9.17, 15) is 4.79 Å². The third kappa shape index (κ3) is 5.28. The number of hydrogen-bond donors (Lipinski definition) is 0. The van der Waals surface area contributed by atoms with E-state index >= 15 is 0 Å².